The number of ether oxygens (including phenoxy) is 3. The Morgan fingerprint density at radius 2 is 1.72 bits per heavy atom. The Morgan fingerprint density at radius 1 is 1.00 bits per heavy atom. The van der Waals surface area contributed by atoms with Crippen molar-refractivity contribution >= 4 is 17.6 Å². The molecule has 0 heterocycles. The Hall–Kier alpha value is -3.06. The van der Waals surface area contributed by atoms with E-state index in [1.807, 2.05) is 32.2 Å². The number of amides is 1. The molecule has 7 nitrogen and oxygen atoms in total. The summed E-state index contributed by atoms with van der Waals surface area (Å²) >= 11 is 0. The van der Waals surface area contributed by atoms with Gasteiger partial charge in [-0.15, -0.1) is 0 Å². The molecule has 156 valence electrons. The lowest BCUT2D eigenvalue weighted by atomic mass is 10.2. The quantitative estimate of drug-likeness (QED) is 0.595. The molecule has 0 radical (unpaired) electrons. The number of rotatable bonds is 10. The molecule has 0 aromatic heterocycles. The molecule has 2 N–H and O–H groups in total. The summed E-state index contributed by atoms with van der Waals surface area (Å²) in [5.74, 6) is 0.910. The third-order valence-corrected chi connectivity index (χ3v) is 4.18. The molecule has 0 saturated heterocycles. The fourth-order valence-corrected chi connectivity index (χ4v) is 2.89. The first-order valence-corrected chi connectivity index (χ1v) is 9.64. The molecule has 1 atom stereocenters. The van der Waals surface area contributed by atoms with Crippen molar-refractivity contribution in [3.8, 4) is 11.5 Å². The van der Waals surface area contributed by atoms with Gasteiger partial charge in [0.1, 0.15) is 6.54 Å². The molecule has 2 aromatic rings. The molecule has 0 aliphatic heterocycles. The summed E-state index contributed by atoms with van der Waals surface area (Å²) in [7, 11) is 3.56. The normalized spacial score (nSPS) is 11.4. The molecule has 0 spiro atoms. The number of anilines is 1. The number of nitrogens with one attached hydrogen (secondary N) is 2. The van der Waals surface area contributed by atoms with Gasteiger partial charge in [0, 0.05) is 11.3 Å². The minimum absolute atomic E-state index is 0.107. The number of methoxy groups -OCH3 is 1. The van der Waals surface area contributed by atoms with Gasteiger partial charge in [-0.2, -0.15) is 0 Å². The number of hydrogen-bond donors (Lipinski definition) is 2. The van der Waals surface area contributed by atoms with E-state index in [2.05, 4.69) is 5.32 Å². The Bertz CT molecular complexity index is 820. The Morgan fingerprint density at radius 3 is 2.34 bits per heavy atom. The molecule has 2 aromatic carbocycles. The van der Waals surface area contributed by atoms with E-state index < -0.39 is 0 Å². The van der Waals surface area contributed by atoms with Crippen LogP contribution in [0.5, 0.6) is 11.5 Å². The van der Waals surface area contributed by atoms with Crippen LogP contribution in [0.4, 0.5) is 5.69 Å². The van der Waals surface area contributed by atoms with Crippen LogP contribution in [-0.4, -0.2) is 45.8 Å². The third kappa shape index (κ3) is 6.80. The van der Waals surface area contributed by atoms with Crippen LogP contribution in [0.1, 0.15) is 29.8 Å². The standard InChI is InChI=1S/C22H28N2O5/c1-5-28-19-12-7-16(13-20(19)27-4)14-24(3)15-21(25)23-18-10-8-17(9-11-18)22(26)29-6-2/h7-13H,5-6,14-15H2,1-4H3,(H,23,25)/p+1. The largest absolute Gasteiger partial charge is 0.493 e. The third-order valence-electron chi connectivity index (χ3n) is 4.18. The van der Waals surface area contributed by atoms with E-state index >= 15 is 0 Å². The predicted molar refractivity (Wildman–Crippen MR) is 111 cm³/mol. The van der Waals surface area contributed by atoms with Crippen molar-refractivity contribution in [3.05, 3.63) is 53.6 Å². The molecule has 1 unspecified atom stereocenters. The van der Waals surface area contributed by atoms with E-state index in [1.165, 1.54) is 0 Å². The molecule has 2 rings (SSSR count). The number of benzene rings is 2. The summed E-state index contributed by atoms with van der Waals surface area (Å²) in [4.78, 5) is 25.0. The van der Waals surface area contributed by atoms with Gasteiger partial charge in [0.05, 0.1) is 32.9 Å². The van der Waals surface area contributed by atoms with Gasteiger partial charge in [0.2, 0.25) is 0 Å². The Kier molecular flexibility index (Phi) is 8.48. The van der Waals surface area contributed by atoms with E-state index in [-0.39, 0.29) is 11.9 Å². The highest BCUT2D eigenvalue weighted by molar-refractivity contribution is 5.93. The van der Waals surface area contributed by atoms with Crippen LogP contribution in [-0.2, 0) is 16.1 Å². The fourth-order valence-electron chi connectivity index (χ4n) is 2.89. The highest BCUT2D eigenvalue weighted by atomic mass is 16.5. The number of carbonyl (C=O) groups is 2. The van der Waals surface area contributed by atoms with Gasteiger partial charge in [-0.3, -0.25) is 4.79 Å². The lowest BCUT2D eigenvalue weighted by Gasteiger charge is -2.16. The molecule has 0 bridgehead atoms. The smallest absolute Gasteiger partial charge is 0.338 e. The summed E-state index contributed by atoms with van der Waals surface area (Å²) in [6.07, 6.45) is 0. The van der Waals surface area contributed by atoms with Crippen molar-refractivity contribution in [1.29, 1.82) is 0 Å². The zero-order valence-electron chi connectivity index (χ0n) is 17.4. The second-order valence-corrected chi connectivity index (χ2v) is 6.57. The van der Waals surface area contributed by atoms with Crippen LogP contribution in [0.15, 0.2) is 42.5 Å². The monoisotopic (exact) mass is 401 g/mol. The van der Waals surface area contributed by atoms with Crippen LogP contribution in [0.25, 0.3) is 0 Å². The summed E-state index contributed by atoms with van der Waals surface area (Å²) in [5, 5.41) is 2.85. The van der Waals surface area contributed by atoms with E-state index in [1.54, 1.807) is 38.3 Å². The van der Waals surface area contributed by atoms with Gasteiger partial charge in [0.25, 0.3) is 5.91 Å². The average Bonchev–Trinajstić information content (AvgIpc) is 2.69. The SMILES string of the molecule is CCOC(=O)c1ccc(NC(=O)C[NH+](C)Cc2ccc(OCC)c(OC)c2)cc1. The maximum Gasteiger partial charge on any atom is 0.338 e. The van der Waals surface area contributed by atoms with Gasteiger partial charge in [0.15, 0.2) is 18.0 Å². The van der Waals surface area contributed by atoms with Crippen LogP contribution >= 0.6 is 0 Å². The van der Waals surface area contributed by atoms with Crippen molar-refractivity contribution in [3.63, 3.8) is 0 Å². The first-order valence-electron chi connectivity index (χ1n) is 9.64. The average molecular weight is 401 g/mol. The lowest BCUT2D eigenvalue weighted by molar-refractivity contribution is -0.885. The van der Waals surface area contributed by atoms with Gasteiger partial charge in [-0.25, -0.2) is 4.79 Å². The number of esters is 1. The van der Waals surface area contributed by atoms with Crippen molar-refractivity contribution in [2.24, 2.45) is 0 Å². The molecule has 0 aliphatic carbocycles. The highest BCUT2D eigenvalue weighted by Crippen LogP contribution is 2.27. The fraction of sp³-hybridized carbons (Fsp3) is 0.364. The first kappa shape index (κ1) is 22.2. The van der Waals surface area contributed by atoms with Crippen molar-refractivity contribution in [2.45, 2.75) is 20.4 Å². The van der Waals surface area contributed by atoms with E-state index in [0.29, 0.717) is 49.1 Å². The van der Waals surface area contributed by atoms with Crippen LogP contribution in [0.2, 0.25) is 0 Å². The molecule has 0 fully saturated rings. The Balaban J connectivity index is 1.89. The number of carbonyl (C=O) groups excluding carboxylic acids is 2. The van der Waals surface area contributed by atoms with Crippen molar-refractivity contribution < 1.29 is 28.7 Å². The zero-order valence-corrected chi connectivity index (χ0v) is 17.4. The maximum atomic E-state index is 12.3. The maximum absolute atomic E-state index is 12.3. The second-order valence-electron chi connectivity index (χ2n) is 6.57. The van der Waals surface area contributed by atoms with Gasteiger partial charge < -0.3 is 24.4 Å². The van der Waals surface area contributed by atoms with E-state index in [9.17, 15) is 9.59 Å². The van der Waals surface area contributed by atoms with Crippen LogP contribution < -0.4 is 19.7 Å². The highest BCUT2D eigenvalue weighted by Gasteiger charge is 2.13. The van der Waals surface area contributed by atoms with Crippen molar-refractivity contribution in [2.75, 3.05) is 39.2 Å². The molecule has 1 amide bonds. The predicted octanol–water partition coefficient (Wildman–Crippen LogP) is 1.92. The molecular formula is C22H29N2O5+. The molecule has 29 heavy (non-hydrogen) atoms. The minimum atomic E-state index is -0.375. The molecule has 7 heteroatoms. The number of hydrogen-bond acceptors (Lipinski definition) is 5. The summed E-state index contributed by atoms with van der Waals surface area (Å²) < 4.78 is 15.9. The summed E-state index contributed by atoms with van der Waals surface area (Å²) in [6, 6.07) is 12.4. The molecule has 0 aliphatic rings. The van der Waals surface area contributed by atoms with Crippen molar-refractivity contribution in [1.82, 2.24) is 0 Å². The number of likely N-dealkylation sites (N-methyl/N-ethyl adjacent to an activating group) is 1. The van der Waals surface area contributed by atoms with Gasteiger partial charge in [-0.1, -0.05) is 0 Å². The second kappa shape index (κ2) is 11.1. The van der Waals surface area contributed by atoms with E-state index in [4.69, 9.17) is 14.2 Å². The summed E-state index contributed by atoms with van der Waals surface area (Å²) in [5.41, 5.74) is 2.14. The topological polar surface area (TPSA) is 78.3 Å². The minimum Gasteiger partial charge on any atom is -0.493 e. The lowest BCUT2D eigenvalue weighted by Crippen LogP contribution is -3.08. The van der Waals surface area contributed by atoms with Crippen LogP contribution in [0.3, 0.4) is 0 Å². The zero-order chi connectivity index (χ0) is 21.2. The van der Waals surface area contributed by atoms with Crippen LogP contribution in [0, 0.1) is 0 Å². The molecular weight excluding hydrogens is 372 g/mol. The number of quaternary nitrogens is 1. The van der Waals surface area contributed by atoms with Gasteiger partial charge in [-0.05, 0) is 56.3 Å². The summed E-state index contributed by atoms with van der Waals surface area (Å²) in [6.45, 7) is 5.55. The first-order chi connectivity index (χ1) is 14.0. The Labute approximate surface area is 171 Å². The van der Waals surface area contributed by atoms with E-state index in [0.717, 1.165) is 10.5 Å². The molecule has 0 saturated carbocycles. The van der Waals surface area contributed by atoms with Gasteiger partial charge >= 0.3 is 5.97 Å².